The van der Waals surface area contributed by atoms with Crippen molar-refractivity contribution in [1.82, 2.24) is 0 Å². The van der Waals surface area contributed by atoms with E-state index in [0.29, 0.717) is 33.0 Å². The molecule has 51 heavy (non-hydrogen) atoms. The summed E-state index contributed by atoms with van der Waals surface area (Å²) in [4.78, 5) is 51.7. The SMILES string of the molecule is CCOC(=O)Cc1cc(C(=O)c2ccc(Cl)o2)sc1-c1ccc(Cl)cc1.CCOC(=O)Cc1cc(C(=O)c2ccco2)sc1-c1ccc(Cl)cc1. The van der Waals surface area contributed by atoms with Crippen LogP contribution in [0.25, 0.3) is 20.9 Å². The molecule has 0 aliphatic heterocycles. The normalized spacial score (nSPS) is 10.7. The van der Waals surface area contributed by atoms with E-state index in [4.69, 9.17) is 53.1 Å². The molecule has 6 aromatic rings. The predicted molar refractivity (Wildman–Crippen MR) is 199 cm³/mol. The van der Waals surface area contributed by atoms with E-state index in [1.165, 1.54) is 41.1 Å². The summed E-state index contributed by atoms with van der Waals surface area (Å²) < 4.78 is 20.5. The van der Waals surface area contributed by atoms with Gasteiger partial charge in [-0.1, -0.05) is 47.5 Å². The highest BCUT2D eigenvalue weighted by molar-refractivity contribution is 7.18. The van der Waals surface area contributed by atoms with Crippen molar-refractivity contribution in [2.75, 3.05) is 13.2 Å². The maximum atomic E-state index is 12.6. The van der Waals surface area contributed by atoms with E-state index < -0.39 is 0 Å². The van der Waals surface area contributed by atoms with Gasteiger partial charge in [-0.15, -0.1) is 22.7 Å². The summed E-state index contributed by atoms with van der Waals surface area (Å²) >= 11 is 20.3. The molecule has 0 aliphatic carbocycles. The summed E-state index contributed by atoms with van der Waals surface area (Å²) in [6, 6.07) is 24.3. The first-order chi connectivity index (χ1) is 24.6. The molecule has 0 fully saturated rings. The van der Waals surface area contributed by atoms with Crippen LogP contribution in [0, 0.1) is 0 Å². The number of thiophene rings is 2. The van der Waals surface area contributed by atoms with Gasteiger partial charge in [0.25, 0.3) is 0 Å². The van der Waals surface area contributed by atoms with Crippen LogP contribution in [0.15, 0.2) is 100 Å². The van der Waals surface area contributed by atoms with Crippen molar-refractivity contribution < 1.29 is 37.5 Å². The van der Waals surface area contributed by atoms with Crippen molar-refractivity contribution >= 4 is 81.0 Å². The lowest BCUT2D eigenvalue weighted by Gasteiger charge is -2.04. The van der Waals surface area contributed by atoms with E-state index in [1.807, 2.05) is 24.3 Å². The molecule has 0 N–H and O–H groups in total. The van der Waals surface area contributed by atoms with E-state index in [1.54, 1.807) is 62.4 Å². The second-order valence-corrected chi connectivity index (χ2v) is 14.0. The summed E-state index contributed by atoms with van der Waals surface area (Å²) in [6.07, 6.45) is 1.64. The summed E-state index contributed by atoms with van der Waals surface area (Å²) in [6.45, 7) is 4.13. The highest BCUT2D eigenvalue weighted by Crippen LogP contribution is 2.37. The van der Waals surface area contributed by atoms with Gasteiger partial charge in [-0.2, -0.15) is 0 Å². The minimum atomic E-state index is -0.347. The number of carbonyl (C=O) groups is 4. The van der Waals surface area contributed by atoms with Gasteiger partial charge in [0.2, 0.25) is 11.6 Å². The Bertz CT molecular complexity index is 2130. The molecule has 0 amide bonds. The maximum absolute atomic E-state index is 12.6. The molecule has 13 heteroatoms. The van der Waals surface area contributed by atoms with Crippen LogP contribution in [-0.4, -0.2) is 36.7 Å². The van der Waals surface area contributed by atoms with Crippen molar-refractivity contribution in [1.29, 1.82) is 0 Å². The fourth-order valence-corrected chi connectivity index (χ4v) is 7.52. The Morgan fingerprint density at radius 3 is 1.49 bits per heavy atom. The van der Waals surface area contributed by atoms with Crippen LogP contribution < -0.4 is 0 Å². The maximum Gasteiger partial charge on any atom is 0.310 e. The van der Waals surface area contributed by atoms with Gasteiger partial charge in [-0.25, -0.2) is 0 Å². The number of halogens is 3. The molecule has 0 atom stereocenters. The average molecular weight is 784 g/mol. The molecule has 262 valence electrons. The molecule has 0 saturated heterocycles. The Kier molecular flexibility index (Phi) is 13.1. The summed E-state index contributed by atoms with van der Waals surface area (Å²) in [7, 11) is 0. The van der Waals surface area contributed by atoms with Gasteiger partial charge in [-0.3, -0.25) is 19.2 Å². The molecular weight excluding hydrogens is 755 g/mol. The quantitative estimate of drug-likeness (QED) is 0.0890. The van der Waals surface area contributed by atoms with Gasteiger partial charge >= 0.3 is 11.9 Å². The molecule has 8 nitrogen and oxygen atoms in total. The smallest absolute Gasteiger partial charge is 0.310 e. The standard InChI is InChI=1S/C19H14Cl2O4S.C19H15ClO4S/c1-2-24-17(22)10-12-9-15(18(23)14-7-8-16(21)25-14)26-19(12)11-3-5-13(20)6-4-11;1-2-23-17(21)11-13-10-16(18(22)15-4-3-9-24-15)25-19(13)12-5-7-14(20)8-6-12/h3-9H,2,10H2,1H3;3-10H,2,11H2,1H3. The first kappa shape index (κ1) is 37.8. The number of hydrogen-bond acceptors (Lipinski definition) is 10. The number of esters is 2. The Hall–Kier alpha value is -4.45. The van der Waals surface area contributed by atoms with Crippen LogP contribution in [0.2, 0.25) is 15.3 Å². The molecule has 0 spiro atoms. The minimum Gasteiger partial charge on any atom is -0.466 e. The van der Waals surface area contributed by atoms with Crippen molar-refractivity contribution in [3.05, 3.63) is 139 Å². The third kappa shape index (κ3) is 9.87. The topological polar surface area (TPSA) is 113 Å². The molecule has 0 unspecified atom stereocenters. The van der Waals surface area contributed by atoms with E-state index in [-0.39, 0.29) is 53.1 Å². The molecule has 0 aliphatic rings. The molecule has 0 radical (unpaired) electrons. The number of ether oxygens (including phenoxy) is 2. The van der Waals surface area contributed by atoms with Crippen molar-refractivity contribution in [3.63, 3.8) is 0 Å². The summed E-state index contributed by atoms with van der Waals surface area (Å²) in [5, 5.41) is 1.38. The monoisotopic (exact) mass is 782 g/mol. The van der Waals surface area contributed by atoms with Crippen LogP contribution >= 0.6 is 57.5 Å². The van der Waals surface area contributed by atoms with E-state index >= 15 is 0 Å². The molecule has 0 bridgehead atoms. The van der Waals surface area contributed by atoms with Gasteiger partial charge in [0, 0.05) is 19.8 Å². The fourth-order valence-electron chi connectivity index (χ4n) is 4.86. The van der Waals surface area contributed by atoms with Crippen LogP contribution in [-0.2, 0) is 31.9 Å². The number of hydrogen-bond donors (Lipinski definition) is 0. The number of furan rings is 2. The van der Waals surface area contributed by atoms with Crippen LogP contribution in [0.5, 0.6) is 0 Å². The van der Waals surface area contributed by atoms with Crippen LogP contribution in [0.4, 0.5) is 0 Å². The van der Waals surface area contributed by atoms with Crippen LogP contribution in [0.1, 0.15) is 55.8 Å². The average Bonchev–Trinajstić information content (AvgIpc) is 3.94. The third-order valence-corrected chi connectivity index (χ3v) is 10.3. The number of benzene rings is 2. The van der Waals surface area contributed by atoms with Gasteiger partial charge in [-0.05, 0) is 108 Å². The van der Waals surface area contributed by atoms with E-state index in [0.717, 1.165) is 32.0 Å². The summed E-state index contributed by atoms with van der Waals surface area (Å²) in [5.41, 5.74) is 3.24. The Labute approximate surface area is 316 Å². The Morgan fingerprint density at radius 1 is 0.627 bits per heavy atom. The van der Waals surface area contributed by atoms with Gasteiger partial charge < -0.3 is 18.3 Å². The lowest BCUT2D eigenvalue weighted by Crippen LogP contribution is -2.07. The fraction of sp³-hybridized carbons (Fsp3) is 0.158. The van der Waals surface area contributed by atoms with Crippen LogP contribution in [0.3, 0.4) is 0 Å². The summed E-state index contributed by atoms with van der Waals surface area (Å²) in [5.74, 6) is -0.742. The molecule has 2 aromatic carbocycles. The second-order valence-electron chi connectivity index (χ2n) is 10.6. The van der Waals surface area contributed by atoms with E-state index in [2.05, 4.69) is 0 Å². The predicted octanol–water partition coefficient (Wildman–Crippen LogP) is 10.6. The Morgan fingerprint density at radius 2 is 1.10 bits per heavy atom. The minimum absolute atomic E-state index is 0.0779. The van der Waals surface area contributed by atoms with Crippen molar-refractivity contribution in [3.8, 4) is 20.9 Å². The zero-order valence-corrected chi connectivity index (χ0v) is 31.1. The number of rotatable bonds is 12. The lowest BCUT2D eigenvalue weighted by atomic mass is 10.1. The highest BCUT2D eigenvalue weighted by Gasteiger charge is 2.23. The second kappa shape index (κ2) is 17.7. The van der Waals surface area contributed by atoms with Gasteiger partial charge in [0.05, 0.1) is 42.1 Å². The molecule has 4 heterocycles. The molecule has 6 rings (SSSR count). The van der Waals surface area contributed by atoms with Crippen molar-refractivity contribution in [2.45, 2.75) is 26.7 Å². The largest absolute Gasteiger partial charge is 0.466 e. The first-order valence-corrected chi connectivity index (χ1v) is 18.3. The number of ketones is 2. The van der Waals surface area contributed by atoms with Gasteiger partial charge in [0.15, 0.2) is 16.7 Å². The Balaban J connectivity index is 0.000000198. The van der Waals surface area contributed by atoms with E-state index in [9.17, 15) is 19.2 Å². The van der Waals surface area contributed by atoms with Crippen molar-refractivity contribution in [2.24, 2.45) is 0 Å². The molecule has 0 saturated carbocycles. The molecule has 4 aromatic heterocycles. The zero-order chi connectivity index (χ0) is 36.5. The first-order valence-electron chi connectivity index (χ1n) is 15.5. The molecular formula is C38H29Cl3O8S2. The lowest BCUT2D eigenvalue weighted by molar-refractivity contribution is -0.143. The highest BCUT2D eigenvalue weighted by atomic mass is 35.5. The number of carbonyl (C=O) groups excluding carboxylic acids is 4. The third-order valence-electron chi connectivity index (χ3n) is 7.10. The zero-order valence-electron chi connectivity index (χ0n) is 27.2. The van der Waals surface area contributed by atoms with Gasteiger partial charge in [0.1, 0.15) is 0 Å².